The quantitative estimate of drug-likeness (QED) is 0.846. The molecule has 0 radical (unpaired) electrons. The van der Waals surface area contributed by atoms with Crippen molar-refractivity contribution in [3.8, 4) is 0 Å². The smallest absolute Gasteiger partial charge is 0.333 e. The van der Waals surface area contributed by atoms with Gasteiger partial charge in [0.1, 0.15) is 11.6 Å². The van der Waals surface area contributed by atoms with E-state index in [9.17, 15) is 18.4 Å². The molecule has 1 aromatic rings. The average molecular weight is 269 g/mol. The molecule has 1 aliphatic rings. The van der Waals surface area contributed by atoms with Crippen LogP contribution in [0.15, 0.2) is 18.2 Å². The molecular formula is C13H13F2NO3. The summed E-state index contributed by atoms with van der Waals surface area (Å²) in [5.41, 5.74) is -0.235. The molecular weight excluding hydrogens is 256 g/mol. The SMILES string of the molecule is COC(=O)[C@H](NC(=O)C1CC1)c1cc(F)ccc1F. The zero-order valence-corrected chi connectivity index (χ0v) is 10.3. The molecule has 1 aromatic carbocycles. The average Bonchev–Trinajstić information content (AvgIpc) is 3.22. The molecule has 1 atom stereocenters. The van der Waals surface area contributed by atoms with Crippen LogP contribution in [0.4, 0.5) is 8.78 Å². The van der Waals surface area contributed by atoms with Crippen LogP contribution in [0.1, 0.15) is 24.4 Å². The Morgan fingerprint density at radius 2 is 2.05 bits per heavy atom. The van der Waals surface area contributed by atoms with Gasteiger partial charge in [0, 0.05) is 11.5 Å². The van der Waals surface area contributed by atoms with E-state index >= 15 is 0 Å². The fraction of sp³-hybridized carbons (Fsp3) is 0.385. The number of amides is 1. The number of halogens is 2. The van der Waals surface area contributed by atoms with Gasteiger partial charge in [0.2, 0.25) is 5.91 Å². The number of esters is 1. The van der Waals surface area contributed by atoms with Gasteiger partial charge in [-0.25, -0.2) is 13.6 Å². The van der Waals surface area contributed by atoms with Crippen LogP contribution >= 0.6 is 0 Å². The van der Waals surface area contributed by atoms with E-state index in [1.54, 1.807) is 0 Å². The molecule has 0 aliphatic heterocycles. The van der Waals surface area contributed by atoms with E-state index in [0.717, 1.165) is 38.2 Å². The number of rotatable bonds is 4. The summed E-state index contributed by atoms with van der Waals surface area (Å²) < 4.78 is 31.3. The number of ether oxygens (including phenoxy) is 1. The summed E-state index contributed by atoms with van der Waals surface area (Å²) >= 11 is 0. The Balaban J connectivity index is 2.27. The molecule has 4 nitrogen and oxygen atoms in total. The largest absolute Gasteiger partial charge is 0.467 e. The van der Waals surface area contributed by atoms with Crippen molar-refractivity contribution in [3.63, 3.8) is 0 Å². The van der Waals surface area contributed by atoms with E-state index in [0.29, 0.717) is 0 Å². The third-order valence-corrected chi connectivity index (χ3v) is 2.94. The Bertz CT molecular complexity index is 515. The molecule has 0 bridgehead atoms. The van der Waals surface area contributed by atoms with Crippen LogP contribution in [0.2, 0.25) is 0 Å². The Hall–Kier alpha value is -1.98. The van der Waals surface area contributed by atoms with Crippen molar-refractivity contribution in [2.24, 2.45) is 5.92 Å². The minimum atomic E-state index is -1.33. The lowest BCUT2D eigenvalue weighted by atomic mass is 10.1. The van der Waals surface area contributed by atoms with Gasteiger partial charge in [0.25, 0.3) is 0 Å². The Kier molecular flexibility index (Phi) is 3.78. The Morgan fingerprint density at radius 3 is 2.63 bits per heavy atom. The number of benzene rings is 1. The second-order valence-electron chi connectivity index (χ2n) is 4.40. The highest BCUT2D eigenvalue weighted by molar-refractivity contribution is 5.87. The van der Waals surface area contributed by atoms with Crippen molar-refractivity contribution in [1.82, 2.24) is 5.32 Å². The van der Waals surface area contributed by atoms with Crippen LogP contribution in [0, 0.1) is 17.6 Å². The number of hydrogen-bond acceptors (Lipinski definition) is 3. The van der Waals surface area contributed by atoms with Gasteiger partial charge in [0.05, 0.1) is 7.11 Å². The number of nitrogens with one attached hydrogen (secondary N) is 1. The second-order valence-corrected chi connectivity index (χ2v) is 4.40. The van der Waals surface area contributed by atoms with Crippen LogP contribution in [0.25, 0.3) is 0 Å². The topological polar surface area (TPSA) is 55.4 Å². The zero-order chi connectivity index (χ0) is 14.0. The van der Waals surface area contributed by atoms with Crippen molar-refractivity contribution >= 4 is 11.9 Å². The first-order chi connectivity index (χ1) is 9.02. The zero-order valence-electron chi connectivity index (χ0n) is 10.3. The highest BCUT2D eigenvalue weighted by Crippen LogP contribution is 2.30. The maximum Gasteiger partial charge on any atom is 0.333 e. The summed E-state index contributed by atoms with van der Waals surface area (Å²) in [5.74, 6) is -2.79. The molecule has 19 heavy (non-hydrogen) atoms. The lowest BCUT2D eigenvalue weighted by molar-refractivity contribution is -0.145. The maximum atomic E-state index is 13.7. The summed E-state index contributed by atoms with van der Waals surface area (Å²) in [6.45, 7) is 0. The number of carbonyl (C=O) groups excluding carboxylic acids is 2. The van der Waals surface area contributed by atoms with E-state index in [2.05, 4.69) is 10.1 Å². The third kappa shape index (κ3) is 3.07. The van der Waals surface area contributed by atoms with E-state index in [4.69, 9.17) is 0 Å². The van der Waals surface area contributed by atoms with Crippen molar-refractivity contribution in [3.05, 3.63) is 35.4 Å². The summed E-state index contributed by atoms with van der Waals surface area (Å²) in [6, 6.07) is 1.40. The molecule has 1 aliphatic carbocycles. The Morgan fingerprint density at radius 1 is 1.37 bits per heavy atom. The van der Waals surface area contributed by atoms with Gasteiger partial charge in [0.15, 0.2) is 6.04 Å². The first-order valence-corrected chi connectivity index (χ1v) is 5.86. The van der Waals surface area contributed by atoms with E-state index in [-0.39, 0.29) is 17.4 Å². The van der Waals surface area contributed by atoms with Crippen molar-refractivity contribution < 1.29 is 23.1 Å². The molecule has 102 valence electrons. The van der Waals surface area contributed by atoms with Crippen molar-refractivity contribution in [2.45, 2.75) is 18.9 Å². The summed E-state index contributed by atoms with van der Waals surface area (Å²) in [6.07, 6.45) is 1.48. The fourth-order valence-electron chi connectivity index (χ4n) is 1.72. The molecule has 0 heterocycles. The number of hydrogen-bond donors (Lipinski definition) is 1. The van der Waals surface area contributed by atoms with Gasteiger partial charge < -0.3 is 10.1 Å². The van der Waals surface area contributed by atoms with Crippen LogP contribution in [0.3, 0.4) is 0 Å². The normalized spacial score (nSPS) is 15.7. The van der Waals surface area contributed by atoms with Crippen LogP contribution in [-0.4, -0.2) is 19.0 Å². The van der Waals surface area contributed by atoms with Gasteiger partial charge in [-0.2, -0.15) is 0 Å². The molecule has 1 amide bonds. The van der Waals surface area contributed by atoms with Gasteiger partial charge in [-0.1, -0.05) is 0 Å². The molecule has 1 saturated carbocycles. The summed E-state index contributed by atoms with van der Waals surface area (Å²) in [4.78, 5) is 23.3. The molecule has 6 heteroatoms. The van der Waals surface area contributed by atoms with Gasteiger partial charge in [-0.05, 0) is 31.0 Å². The minimum Gasteiger partial charge on any atom is -0.467 e. The van der Waals surface area contributed by atoms with Crippen LogP contribution in [0.5, 0.6) is 0 Å². The first-order valence-electron chi connectivity index (χ1n) is 5.86. The molecule has 0 spiro atoms. The molecule has 1 N–H and O–H groups in total. The molecule has 0 unspecified atom stereocenters. The first kappa shape index (κ1) is 13.5. The minimum absolute atomic E-state index is 0.149. The van der Waals surface area contributed by atoms with E-state index < -0.39 is 23.6 Å². The maximum absolute atomic E-state index is 13.7. The second kappa shape index (κ2) is 5.34. The highest BCUT2D eigenvalue weighted by Gasteiger charge is 2.34. The fourth-order valence-corrected chi connectivity index (χ4v) is 1.72. The lowest BCUT2D eigenvalue weighted by Crippen LogP contribution is -2.36. The third-order valence-electron chi connectivity index (χ3n) is 2.94. The van der Waals surface area contributed by atoms with Gasteiger partial charge in [-0.15, -0.1) is 0 Å². The molecule has 0 saturated heterocycles. The standard InChI is InChI=1S/C13H13F2NO3/c1-19-13(18)11(16-12(17)7-2-3-7)9-6-8(14)4-5-10(9)15/h4-7,11H,2-3H2,1H3,(H,16,17)/t11-/m1/s1. The monoisotopic (exact) mass is 269 g/mol. The Labute approximate surface area is 108 Å². The van der Waals surface area contributed by atoms with Gasteiger partial charge >= 0.3 is 5.97 Å². The van der Waals surface area contributed by atoms with Crippen molar-refractivity contribution in [1.29, 1.82) is 0 Å². The van der Waals surface area contributed by atoms with Gasteiger partial charge in [-0.3, -0.25) is 4.79 Å². The predicted molar refractivity (Wildman–Crippen MR) is 62.0 cm³/mol. The van der Waals surface area contributed by atoms with Crippen LogP contribution < -0.4 is 5.32 Å². The summed E-state index contributed by atoms with van der Waals surface area (Å²) in [7, 11) is 1.12. The number of methoxy groups -OCH3 is 1. The molecule has 0 aromatic heterocycles. The summed E-state index contributed by atoms with van der Waals surface area (Å²) in [5, 5.41) is 2.39. The van der Waals surface area contributed by atoms with E-state index in [1.807, 2.05) is 0 Å². The molecule has 2 rings (SSSR count). The lowest BCUT2D eigenvalue weighted by Gasteiger charge is -2.17. The number of carbonyl (C=O) groups is 2. The highest BCUT2D eigenvalue weighted by atomic mass is 19.1. The predicted octanol–water partition coefficient (Wildman–Crippen LogP) is 1.71. The molecule has 1 fully saturated rings. The van der Waals surface area contributed by atoms with E-state index in [1.165, 1.54) is 0 Å². The van der Waals surface area contributed by atoms with Crippen LogP contribution in [-0.2, 0) is 14.3 Å². The van der Waals surface area contributed by atoms with Crippen molar-refractivity contribution in [2.75, 3.05) is 7.11 Å².